The molecule has 100 valence electrons. The van der Waals surface area contributed by atoms with E-state index in [0.717, 1.165) is 16.1 Å². The molecule has 1 aromatic carbocycles. The molecule has 4 nitrogen and oxygen atoms in total. The molecule has 0 saturated carbocycles. The van der Waals surface area contributed by atoms with Crippen molar-refractivity contribution >= 4 is 17.2 Å². The number of hydrogen-bond acceptors (Lipinski definition) is 4. The first kappa shape index (κ1) is 12.6. The van der Waals surface area contributed by atoms with E-state index < -0.39 is 0 Å². The minimum Gasteiger partial charge on any atom is -0.459 e. The summed E-state index contributed by atoms with van der Waals surface area (Å²) in [5, 5.41) is 5.75. The third-order valence-corrected chi connectivity index (χ3v) is 3.63. The molecule has 0 spiro atoms. The fourth-order valence-corrected chi connectivity index (χ4v) is 2.49. The number of nitrogens with one attached hydrogen (secondary N) is 1. The van der Waals surface area contributed by atoms with Gasteiger partial charge < -0.3 is 9.73 Å². The smallest absolute Gasteiger partial charge is 0.287 e. The summed E-state index contributed by atoms with van der Waals surface area (Å²) in [6.45, 7) is 0.457. The van der Waals surface area contributed by atoms with Gasteiger partial charge in [0.2, 0.25) is 0 Å². The van der Waals surface area contributed by atoms with Gasteiger partial charge in [-0.25, -0.2) is 4.98 Å². The lowest BCUT2D eigenvalue weighted by molar-refractivity contribution is 0.0923. The molecule has 3 rings (SSSR count). The van der Waals surface area contributed by atoms with Crippen LogP contribution in [0, 0.1) is 0 Å². The molecule has 0 aliphatic heterocycles. The summed E-state index contributed by atoms with van der Waals surface area (Å²) in [5.74, 6) is 0.107. The van der Waals surface area contributed by atoms with Crippen molar-refractivity contribution in [3.05, 3.63) is 65.6 Å². The number of benzene rings is 1. The van der Waals surface area contributed by atoms with E-state index in [-0.39, 0.29) is 5.91 Å². The minimum absolute atomic E-state index is 0.213. The number of carbonyl (C=O) groups is 1. The van der Waals surface area contributed by atoms with E-state index in [1.54, 1.807) is 29.7 Å². The third kappa shape index (κ3) is 2.78. The van der Waals surface area contributed by atoms with Gasteiger partial charge in [-0.2, -0.15) is 0 Å². The van der Waals surface area contributed by atoms with Crippen molar-refractivity contribution in [2.75, 3.05) is 0 Å². The van der Waals surface area contributed by atoms with Gasteiger partial charge in [-0.1, -0.05) is 18.2 Å². The third-order valence-electron chi connectivity index (χ3n) is 2.80. The van der Waals surface area contributed by atoms with Crippen molar-refractivity contribution in [3.8, 4) is 10.6 Å². The molecule has 1 amide bonds. The second-order valence-corrected chi connectivity index (χ2v) is 5.09. The molecule has 1 N–H and O–H groups in total. The summed E-state index contributed by atoms with van der Waals surface area (Å²) in [4.78, 5) is 16.1. The molecule has 2 aromatic heterocycles. The molecule has 0 saturated heterocycles. The molecule has 0 atom stereocenters. The van der Waals surface area contributed by atoms with Crippen molar-refractivity contribution in [2.24, 2.45) is 0 Å². The number of carbonyl (C=O) groups excluding carboxylic acids is 1. The SMILES string of the molecule is O=C(NCc1cccc(-c2nccs2)c1)c1ccco1. The normalized spacial score (nSPS) is 10.4. The molecule has 5 heteroatoms. The lowest BCUT2D eigenvalue weighted by atomic mass is 10.1. The standard InChI is InChI=1S/C15H12N2O2S/c18-14(13-5-2-7-19-13)17-10-11-3-1-4-12(9-11)15-16-6-8-20-15/h1-9H,10H2,(H,17,18). The van der Waals surface area contributed by atoms with Crippen LogP contribution in [0.1, 0.15) is 16.1 Å². The van der Waals surface area contributed by atoms with E-state index in [1.165, 1.54) is 6.26 Å². The van der Waals surface area contributed by atoms with Crippen LogP contribution in [0.25, 0.3) is 10.6 Å². The Bertz CT molecular complexity index is 691. The van der Waals surface area contributed by atoms with Crippen LogP contribution in [-0.4, -0.2) is 10.9 Å². The van der Waals surface area contributed by atoms with E-state index in [4.69, 9.17) is 4.42 Å². The van der Waals surface area contributed by atoms with E-state index >= 15 is 0 Å². The van der Waals surface area contributed by atoms with E-state index in [9.17, 15) is 4.79 Å². The van der Waals surface area contributed by atoms with Crippen LogP contribution in [0.15, 0.2) is 58.7 Å². The Morgan fingerprint density at radius 1 is 1.30 bits per heavy atom. The highest BCUT2D eigenvalue weighted by Crippen LogP contribution is 2.22. The number of furan rings is 1. The highest BCUT2D eigenvalue weighted by molar-refractivity contribution is 7.13. The van der Waals surface area contributed by atoms with Crippen LogP contribution in [0.2, 0.25) is 0 Å². The zero-order valence-corrected chi connectivity index (χ0v) is 11.4. The monoisotopic (exact) mass is 284 g/mol. The lowest BCUT2D eigenvalue weighted by Gasteiger charge is -2.05. The Labute approximate surface area is 120 Å². The second-order valence-electron chi connectivity index (χ2n) is 4.20. The van der Waals surface area contributed by atoms with Gasteiger partial charge in [-0.3, -0.25) is 4.79 Å². The highest BCUT2D eigenvalue weighted by Gasteiger charge is 2.08. The van der Waals surface area contributed by atoms with Gasteiger partial charge in [0.25, 0.3) is 5.91 Å². The number of hydrogen-bond donors (Lipinski definition) is 1. The Hall–Kier alpha value is -2.40. The fourth-order valence-electron chi connectivity index (χ4n) is 1.86. The van der Waals surface area contributed by atoms with Crippen LogP contribution in [0.4, 0.5) is 0 Å². The molecule has 0 radical (unpaired) electrons. The van der Waals surface area contributed by atoms with Crippen LogP contribution < -0.4 is 5.32 Å². The van der Waals surface area contributed by atoms with Gasteiger partial charge in [-0.05, 0) is 23.8 Å². The van der Waals surface area contributed by atoms with Gasteiger partial charge >= 0.3 is 0 Å². The zero-order chi connectivity index (χ0) is 13.8. The Morgan fingerprint density at radius 2 is 2.25 bits per heavy atom. The summed E-state index contributed by atoms with van der Waals surface area (Å²) in [5.41, 5.74) is 2.09. The van der Waals surface area contributed by atoms with Crippen LogP contribution in [0.3, 0.4) is 0 Å². The van der Waals surface area contributed by atoms with Gasteiger partial charge in [-0.15, -0.1) is 11.3 Å². The molecular formula is C15H12N2O2S. The largest absolute Gasteiger partial charge is 0.459 e. The van der Waals surface area contributed by atoms with Crippen molar-refractivity contribution in [1.82, 2.24) is 10.3 Å². The topological polar surface area (TPSA) is 55.1 Å². The quantitative estimate of drug-likeness (QED) is 0.799. The number of aromatic nitrogens is 1. The molecular weight excluding hydrogens is 272 g/mol. The molecule has 0 bridgehead atoms. The van der Waals surface area contributed by atoms with Crippen molar-refractivity contribution in [2.45, 2.75) is 6.54 Å². The van der Waals surface area contributed by atoms with Crippen LogP contribution in [0.5, 0.6) is 0 Å². The number of amides is 1. The zero-order valence-electron chi connectivity index (χ0n) is 10.6. The fraction of sp³-hybridized carbons (Fsp3) is 0.0667. The summed E-state index contributed by atoms with van der Waals surface area (Å²) >= 11 is 1.59. The maximum absolute atomic E-state index is 11.8. The summed E-state index contributed by atoms with van der Waals surface area (Å²) in [6.07, 6.45) is 3.27. The molecule has 2 heterocycles. The van der Waals surface area contributed by atoms with Gasteiger partial charge in [0, 0.05) is 23.7 Å². The van der Waals surface area contributed by atoms with Gasteiger partial charge in [0.1, 0.15) is 5.01 Å². The number of nitrogens with zero attached hydrogens (tertiary/aromatic N) is 1. The molecule has 20 heavy (non-hydrogen) atoms. The maximum atomic E-state index is 11.8. The average Bonchev–Trinajstić information content (AvgIpc) is 3.17. The van der Waals surface area contributed by atoms with Gasteiger partial charge in [0.15, 0.2) is 5.76 Å². The first-order valence-corrected chi connectivity index (χ1v) is 7.01. The molecule has 0 aliphatic rings. The maximum Gasteiger partial charge on any atom is 0.287 e. The molecule has 0 unspecified atom stereocenters. The van der Waals surface area contributed by atoms with Crippen molar-refractivity contribution < 1.29 is 9.21 Å². The summed E-state index contributed by atoms with van der Waals surface area (Å²) in [6, 6.07) is 11.3. The number of rotatable bonds is 4. The predicted octanol–water partition coefficient (Wildman–Crippen LogP) is 3.33. The second kappa shape index (κ2) is 5.71. The van der Waals surface area contributed by atoms with Crippen molar-refractivity contribution in [3.63, 3.8) is 0 Å². The summed E-state index contributed by atoms with van der Waals surface area (Å²) in [7, 11) is 0. The molecule has 3 aromatic rings. The Kier molecular flexibility index (Phi) is 3.60. The van der Waals surface area contributed by atoms with Crippen LogP contribution in [-0.2, 0) is 6.54 Å². The first-order chi connectivity index (χ1) is 9.83. The minimum atomic E-state index is -0.213. The predicted molar refractivity (Wildman–Crippen MR) is 77.4 cm³/mol. The highest BCUT2D eigenvalue weighted by atomic mass is 32.1. The van der Waals surface area contributed by atoms with E-state index in [1.807, 2.05) is 29.6 Å². The summed E-state index contributed by atoms with van der Waals surface area (Å²) < 4.78 is 5.05. The average molecular weight is 284 g/mol. The Balaban J connectivity index is 1.69. The van der Waals surface area contributed by atoms with E-state index in [0.29, 0.717) is 12.3 Å². The van der Waals surface area contributed by atoms with Crippen molar-refractivity contribution in [1.29, 1.82) is 0 Å². The van der Waals surface area contributed by atoms with Crippen LogP contribution >= 0.6 is 11.3 Å². The molecule has 0 aliphatic carbocycles. The van der Waals surface area contributed by atoms with Gasteiger partial charge in [0.05, 0.1) is 6.26 Å². The Morgan fingerprint density at radius 3 is 3.00 bits per heavy atom. The lowest BCUT2D eigenvalue weighted by Crippen LogP contribution is -2.22. The number of thiazole rings is 1. The first-order valence-electron chi connectivity index (χ1n) is 6.13. The van der Waals surface area contributed by atoms with E-state index in [2.05, 4.69) is 10.3 Å². The molecule has 0 fully saturated rings.